The molecule has 2 N–H and O–H groups in total. The molecule has 144 valence electrons. The van der Waals surface area contributed by atoms with Crippen molar-refractivity contribution in [2.75, 3.05) is 12.3 Å². The zero-order chi connectivity index (χ0) is 19.0. The number of likely N-dealkylation sites (tertiary alicyclic amines) is 1. The number of amides is 2. The van der Waals surface area contributed by atoms with Crippen molar-refractivity contribution in [1.82, 2.24) is 14.9 Å². The molecule has 2 aromatic rings. The average molecular weight is 405 g/mol. The average Bonchev–Trinajstić information content (AvgIpc) is 3.03. The van der Waals surface area contributed by atoms with Gasteiger partial charge < -0.3 is 10.6 Å². The van der Waals surface area contributed by atoms with Gasteiger partial charge in [-0.1, -0.05) is 11.8 Å². The fourth-order valence-corrected chi connectivity index (χ4v) is 6.43. The van der Waals surface area contributed by atoms with Crippen LogP contribution in [-0.4, -0.2) is 45.0 Å². The van der Waals surface area contributed by atoms with E-state index in [1.807, 2.05) is 6.92 Å². The number of nitrogens with two attached hydrogens (primary N) is 1. The van der Waals surface area contributed by atoms with Gasteiger partial charge in [-0.3, -0.25) is 9.59 Å². The fraction of sp³-hybridized carbons (Fsp3) is 0.579. The van der Waals surface area contributed by atoms with Crippen LogP contribution in [0.5, 0.6) is 0 Å². The fourth-order valence-electron chi connectivity index (χ4n) is 4.07. The first-order valence-corrected chi connectivity index (χ1v) is 11.4. The number of hydrogen-bond acceptors (Lipinski definition) is 6. The van der Waals surface area contributed by atoms with Crippen LogP contribution in [0.3, 0.4) is 0 Å². The van der Waals surface area contributed by atoms with E-state index in [1.54, 1.807) is 16.2 Å². The Kier molecular flexibility index (Phi) is 5.36. The highest BCUT2D eigenvalue weighted by molar-refractivity contribution is 8.00. The van der Waals surface area contributed by atoms with Crippen molar-refractivity contribution in [3.8, 4) is 0 Å². The lowest BCUT2D eigenvalue weighted by Gasteiger charge is -2.33. The Morgan fingerprint density at radius 1 is 1.22 bits per heavy atom. The maximum absolute atomic E-state index is 12.8. The van der Waals surface area contributed by atoms with Crippen LogP contribution in [0.1, 0.15) is 48.4 Å². The summed E-state index contributed by atoms with van der Waals surface area (Å²) in [6.45, 7) is 2.51. The van der Waals surface area contributed by atoms with Crippen LogP contribution < -0.4 is 5.73 Å². The van der Waals surface area contributed by atoms with Crippen LogP contribution in [0.15, 0.2) is 5.03 Å². The zero-order valence-electron chi connectivity index (χ0n) is 15.5. The van der Waals surface area contributed by atoms with E-state index in [-0.39, 0.29) is 11.7 Å². The molecule has 0 saturated carbocycles. The first-order valence-electron chi connectivity index (χ1n) is 9.55. The molecule has 4 rings (SSSR count). The van der Waals surface area contributed by atoms with E-state index in [0.717, 1.165) is 46.8 Å². The van der Waals surface area contributed by atoms with Gasteiger partial charge in [-0.15, -0.1) is 11.3 Å². The normalized spacial score (nSPS) is 19.9. The van der Waals surface area contributed by atoms with Gasteiger partial charge in [0.1, 0.15) is 21.7 Å². The molecule has 1 saturated heterocycles. The van der Waals surface area contributed by atoms with Gasteiger partial charge in [-0.05, 0) is 57.4 Å². The van der Waals surface area contributed by atoms with Gasteiger partial charge in [0.2, 0.25) is 11.8 Å². The molecule has 3 heterocycles. The molecule has 8 heteroatoms. The Morgan fingerprint density at radius 2 is 2.04 bits per heavy atom. The van der Waals surface area contributed by atoms with Crippen LogP contribution in [0.25, 0.3) is 10.2 Å². The maximum atomic E-state index is 12.8. The van der Waals surface area contributed by atoms with Gasteiger partial charge in [0.15, 0.2) is 0 Å². The van der Waals surface area contributed by atoms with Crippen molar-refractivity contribution < 1.29 is 9.59 Å². The third-order valence-corrected chi connectivity index (χ3v) is 7.52. The monoisotopic (exact) mass is 404 g/mol. The Morgan fingerprint density at radius 3 is 2.85 bits per heavy atom. The van der Waals surface area contributed by atoms with E-state index >= 15 is 0 Å². The smallest absolute Gasteiger partial charge is 0.240 e. The van der Waals surface area contributed by atoms with Crippen molar-refractivity contribution in [3.63, 3.8) is 0 Å². The summed E-state index contributed by atoms with van der Waals surface area (Å²) in [6, 6.07) is -0.465. The molecule has 0 spiro atoms. The Balaban J connectivity index is 1.57. The molecule has 0 unspecified atom stereocenters. The van der Waals surface area contributed by atoms with E-state index in [9.17, 15) is 9.59 Å². The quantitative estimate of drug-likeness (QED) is 0.625. The first-order chi connectivity index (χ1) is 13.0. The Hall–Kier alpha value is -1.67. The number of thiophene rings is 1. The summed E-state index contributed by atoms with van der Waals surface area (Å²) in [5.41, 5.74) is 6.88. The lowest BCUT2D eigenvalue weighted by Crippen LogP contribution is -2.51. The molecular formula is C19H24N4O2S2. The first kappa shape index (κ1) is 18.7. The number of rotatable bonds is 4. The lowest BCUT2D eigenvalue weighted by molar-refractivity contribution is -0.138. The molecule has 0 aromatic carbocycles. The second-order valence-electron chi connectivity index (χ2n) is 7.26. The summed E-state index contributed by atoms with van der Waals surface area (Å²) in [4.78, 5) is 37.9. The van der Waals surface area contributed by atoms with Crippen molar-refractivity contribution in [2.24, 2.45) is 5.73 Å². The van der Waals surface area contributed by atoms with Crippen LogP contribution in [-0.2, 0) is 22.4 Å². The third-order valence-electron chi connectivity index (χ3n) is 5.38. The van der Waals surface area contributed by atoms with Gasteiger partial charge in [0.25, 0.3) is 0 Å². The number of fused-ring (bicyclic) bond motifs is 3. The van der Waals surface area contributed by atoms with E-state index < -0.39 is 11.9 Å². The van der Waals surface area contributed by atoms with Crippen LogP contribution in [0.2, 0.25) is 0 Å². The molecule has 1 aliphatic heterocycles. The minimum absolute atomic E-state index is 0.0305. The highest BCUT2D eigenvalue weighted by Crippen LogP contribution is 2.39. The highest BCUT2D eigenvalue weighted by Gasteiger charge is 2.31. The predicted octanol–water partition coefficient (Wildman–Crippen LogP) is 2.84. The molecule has 0 bridgehead atoms. The largest absolute Gasteiger partial charge is 0.368 e. The molecule has 0 radical (unpaired) electrons. The van der Waals surface area contributed by atoms with Gasteiger partial charge >= 0.3 is 0 Å². The topological polar surface area (TPSA) is 89.2 Å². The minimum Gasteiger partial charge on any atom is -0.368 e. The number of carbonyl (C=O) groups is 2. The van der Waals surface area contributed by atoms with Crippen LogP contribution >= 0.6 is 23.1 Å². The Labute approximate surface area is 166 Å². The van der Waals surface area contributed by atoms with E-state index in [1.165, 1.54) is 35.0 Å². The number of piperidine rings is 1. The van der Waals surface area contributed by atoms with Crippen molar-refractivity contribution in [3.05, 3.63) is 16.3 Å². The number of thioether (sulfide) groups is 1. The third kappa shape index (κ3) is 3.69. The zero-order valence-corrected chi connectivity index (χ0v) is 17.1. The molecular weight excluding hydrogens is 380 g/mol. The maximum Gasteiger partial charge on any atom is 0.240 e. The summed E-state index contributed by atoms with van der Waals surface area (Å²) in [7, 11) is 0. The van der Waals surface area contributed by atoms with Gasteiger partial charge in [0.05, 0.1) is 5.75 Å². The van der Waals surface area contributed by atoms with Crippen LogP contribution in [0.4, 0.5) is 0 Å². The molecule has 1 atom stereocenters. The molecule has 2 aliphatic rings. The van der Waals surface area contributed by atoms with Crippen molar-refractivity contribution >= 4 is 45.1 Å². The van der Waals surface area contributed by atoms with Crippen molar-refractivity contribution in [2.45, 2.75) is 62.9 Å². The number of primary amides is 1. The predicted molar refractivity (Wildman–Crippen MR) is 108 cm³/mol. The summed E-state index contributed by atoms with van der Waals surface area (Å²) in [5.74, 6) is 0.584. The van der Waals surface area contributed by atoms with Gasteiger partial charge in [-0.25, -0.2) is 9.97 Å². The number of nitrogens with zero attached hydrogens (tertiary/aromatic N) is 3. The molecule has 1 aliphatic carbocycles. The second-order valence-corrected chi connectivity index (χ2v) is 9.30. The summed E-state index contributed by atoms with van der Waals surface area (Å²) >= 11 is 3.24. The summed E-state index contributed by atoms with van der Waals surface area (Å²) in [6.07, 6.45) is 7.15. The number of aromatic nitrogens is 2. The Bertz CT molecular complexity index is 895. The number of hydrogen-bond donors (Lipinski definition) is 1. The lowest BCUT2D eigenvalue weighted by atomic mass is 9.97. The SMILES string of the molecule is Cc1nc(SCC(=O)N2CCCC[C@@H]2C(N)=O)c2c3c(sc2n1)CCCC3. The molecule has 2 amide bonds. The molecule has 27 heavy (non-hydrogen) atoms. The standard InChI is InChI=1S/C19H24N4O2S2/c1-11-21-18(16-12-6-2-3-8-14(12)27-19(16)22-11)26-10-15(24)23-9-5-4-7-13(23)17(20)25/h13H,2-10H2,1H3,(H2,20,25)/t13-/m1/s1. The molecule has 2 aromatic heterocycles. The van der Waals surface area contributed by atoms with E-state index in [2.05, 4.69) is 9.97 Å². The molecule has 6 nitrogen and oxygen atoms in total. The van der Waals surface area contributed by atoms with E-state index in [4.69, 9.17) is 5.73 Å². The number of aryl methyl sites for hydroxylation is 3. The summed E-state index contributed by atoms with van der Waals surface area (Å²) in [5, 5.41) is 2.04. The second kappa shape index (κ2) is 7.75. The summed E-state index contributed by atoms with van der Waals surface area (Å²) < 4.78 is 0. The highest BCUT2D eigenvalue weighted by atomic mass is 32.2. The van der Waals surface area contributed by atoms with Crippen molar-refractivity contribution in [1.29, 1.82) is 0 Å². The van der Waals surface area contributed by atoms with Gasteiger partial charge in [0, 0.05) is 16.8 Å². The molecule has 1 fully saturated rings. The van der Waals surface area contributed by atoms with Crippen LogP contribution in [0, 0.1) is 6.92 Å². The van der Waals surface area contributed by atoms with Gasteiger partial charge in [-0.2, -0.15) is 0 Å². The number of carbonyl (C=O) groups excluding carboxylic acids is 2. The van der Waals surface area contributed by atoms with E-state index in [0.29, 0.717) is 13.0 Å². The minimum atomic E-state index is -0.465.